The summed E-state index contributed by atoms with van der Waals surface area (Å²) in [5.41, 5.74) is 0.239. The number of rotatable bonds is 6. The van der Waals surface area contributed by atoms with Gasteiger partial charge < -0.3 is 8.61 Å². The number of esters is 1. The number of hydrogen-bond acceptors (Lipinski definition) is 5. The van der Waals surface area contributed by atoms with Gasteiger partial charge in [-0.2, -0.15) is 0 Å². The summed E-state index contributed by atoms with van der Waals surface area (Å²) in [6, 6.07) is 0. The average Bonchev–Trinajstić information content (AvgIpc) is 1.98. The lowest BCUT2D eigenvalue weighted by molar-refractivity contribution is -0.138. The third-order valence-electron chi connectivity index (χ3n) is 1.29. The molecular formula is C9H18O5SSi. The summed E-state index contributed by atoms with van der Waals surface area (Å²) in [6.07, 6.45) is 0. The highest BCUT2D eigenvalue weighted by atomic mass is 32.2. The fourth-order valence-electron chi connectivity index (χ4n) is 0.782. The topological polar surface area (TPSA) is 69.7 Å². The van der Waals surface area contributed by atoms with Crippen molar-refractivity contribution in [2.75, 3.05) is 12.4 Å². The molecule has 0 rings (SSSR count). The van der Waals surface area contributed by atoms with Crippen LogP contribution in [-0.4, -0.2) is 35.1 Å². The molecule has 0 radical (unpaired) electrons. The molecule has 0 bridgehead atoms. The van der Waals surface area contributed by atoms with Crippen LogP contribution in [0.2, 0.25) is 19.6 Å². The first-order valence-electron chi connectivity index (χ1n) is 4.79. The normalized spacial score (nSPS) is 12.2. The van der Waals surface area contributed by atoms with E-state index < -0.39 is 24.4 Å². The van der Waals surface area contributed by atoms with Crippen LogP contribution in [0.3, 0.4) is 0 Å². The number of hydrogen-bond donors (Lipinski definition) is 0. The van der Waals surface area contributed by atoms with Crippen LogP contribution in [0, 0.1) is 0 Å². The Labute approximate surface area is 97.7 Å². The molecule has 0 aromatic rings. The molecule has 0 saturated carbocycles. The van der Waals surface area contributed by atoms with Gasteiger partial charge in [0.1, 0.15) is 12.4 Å². The van der Waals surface area contributed by atoms with Crippen LogP contribution < -0.4 is 0 Å². The molecule has 0 spiro atoms. The summed E-state index contributed by atoms with van der Waals surface area (Å²) < 4.78 is 32.4. The Kier molecular flexibility index (Phi) is 5.37. The van der Waals surface area contributed by atoms with Gasteiger partial charge in [0, 0.05) is 5.57 Å². The fourth-order valence-corrected chi connectivity index (χ4v) is 4.45. The fraction of sp³-hybridized carbons (Fsp3) is 0.667. The molecule has 5 nitrogen and oxygen atoms in total. The van der Waals surface area contributed by atoms with Crippen molar-refractivity contribution in [3.63, 3.8) is 0 Å². The molecular weight excluding hydrogens is 248 g/mol. The molecule has 0 aromatic heterocycles. The minimum absolute atomic E-state index is 0.210. The lowest BCUT2D eigenvalue weighted by atomic mass is 10.4. The molecule has 0 saturated heterocycles. The second-order valence-electron chi connectivity index (χ2n) is 4.37. The monoisotopic (exact) mass is 266 g/mol. The maximum absolute atomic E-state index is 11.4. The molecule has 7 heteroatoms. The van der Waals surface area contributed by atoms with E-state index in [1.807, 2.05) is 0 Å². The van der Waals surface area contributed by atoms with Crippen molar-refractivity contribution in [1.29, 1.82) is 0 Å². The quantitative estimate of drug-likeness (QED) is 0.411. The first-order valence-corrected chi connectivity index (χ1v) is 9.78. The number of ether oxygens (including phenoxy) is 1. The predicted octanol–water partition coefficient (Wildman–Crippen LogP) is 1.29. The maximum Gasteiger partial charge on any atom is 0.333 e. The van der Waals surface area contributed by atoms with E-state index in [-0.39, 0.29) is 17.9 Å². The first kappa shape index (κ1) is 15.3. The van der Waals surface area contributed by atoms with Gasteiger partial charge in [-0.25, -0.2) is 13.2 Å². The second-order valence-corrected chi connectivity index (χ2v) is 10.8. The molecule has 0 N–H and O–H groups in total. The molecule has 0 atom stereocenters. The van der Waals surface area contributed by atoms with Crippen molar-refractivity contribution in [3.05, 3.63) is 12.2 Å². The Hall–Kier alpha value is -0.663. The molecule has 0 aliphatic rings. The molecule has 0 aliphatic carbocycles. The largest absolute Gasteiger partial charge is 0.461 e. The van der Waals surface area contributed by atoms with Crippen LogP contribution in [0.15, 0.2) is 12.2 Å². The summed E-state index contributed by atoms with van der Waals surface area (Å²) in [5, 5.41) is 0. The van der Waals surface area contributed by atoms with Gasteiger partial charge in [-0.1, -0.05) is 6.58 Å². The smallest absolute Gasteiger partial charge is 0.333 e. The summed E-state index contributed by atoms with van der Waals surface area (Å²) in [7, 11) is -5.74. The number of carbonyl (C=O) groups excluding carboxylic acids is 1. The lowest BCUT2D eigenvalue weighted by Crippen LogP contribution is -2.31. The van der Waals surface area contributed by atoms with Gasteiger partial charge in [0.25, 0.3) is 10.1 Å². The molecule has 0 amide bonds. The van der Waals surface area contributed by atoms with Crippen molar-refractivity contribution in [1.82, 2.24) is 0 Å². The van der Waals surface area contributed by atoms with Crippen molar-refractivity contribution in [3.8, 4) is 0 Å². The van der Waals surface area contributed by atoms with Crippen LogP contribution in [-0.2, 0) is 23.5 Å². The van der Waals surface area contributed by atoms with E-state index in [1.165, 1.54) is 6.92 Å². The lowest BCUT2D eigenvalue weighted by Gasteiger charge is -2.16. The molecule has 16 heavy (non-hydrogen) atoms. The standard InChI is InChI=1S/C9H18O5SSi/c1-8(2)9(10)13-6-7-15(11,12)14-16(3,4)5/h1,6-7H2,2-5H3. The molecule has 0 unspecified atom stereocenters. The Bertz CT molecular complexity index is 366. The summed E-state index contributed by atoms with van der Waals surface area (Å²) in [5.74, 6) is -0.917. The average molecular weight is 266 g/mol. The minimum atomic E-state index is -3.61. The van der Waals surface area contributed by atoms with E-state index >= 15 is 0 Å². The van der Waals surface area contributed by atoms with Crippen molar-refractivity contribution in [2.45, 2.75) is 26.6 Å². The Morgan fingerprint density at radius 1 is 1.31 bits per heavy atom. The molecule has 94 valence electrons. The summed E-state index contributed by atoms with van der Waals surface area (Å²) in [4.78, 5) is 11.0. The highest BCUT2D eigenvalue weighted by Gasteiger charge is 2.24. The Balaban J connectivity index is 4.12. The molecule has 0 fully saturated rings. The zero-order valence-corrected chi connectivity index (χ0v) is 11.9. The molecule has 0 aliphatic heterocycles. The van der Waals surface area contributed by atoms with Gasteiger partial charge in [0.05, 0.1) is 0 Å². The SMILES string of the molecule is C=C(C)C(=O)OCCS(=O)(=O)O[Si](C)(C)C. The van der Waals surface area contributed by atoms with Gasteiger partial charge in [0.2, 0.25) is 8.32 Å². The van der Waals surface area contributed by atoms with Gasteiger partial charge in [-0.15, -0.1) is 0 Å². The summed E-state index contributed by atoms with van der Waals surface area (Å²) in [6.45, 7) is 9.97. The van der Waals surface area contributed by atoms with Crippen molar-refractivity contribution >= 4 is 24.4 Å². The van der Waals surface area contributed by atoms with Gasteiger partial charge in [-0.3, -0.25) is 0 Å². The van der Waals surface area contributed by atoms with E-state index in [0.29, 0.717) is 0 Å². The van der Waals surface area contributed by atoms with Crippen LogP contribution in [0.1, 0.15) is 6.92 Å². The van der Waals surface area contributed by atoms with Crippen LogP contribution in [0.4, 0.5) is 0 Å². The van der Waals surface area contributed by atoms with E-state index in [2.05, 4.69) is 11.3 Å². The van der Waals surface area contributed by atoms with Crippen molar-refractivity contribution in [2.24, 2.45) is 0 Å². The zero-order chi connectivity index (χ0) is 13.0. The zero-order valence-electron chi connectivity index (χ0n) is 10.1. The van der Waals surface area contributed by atoms with Gasteiger partial charge in [0.15, 0.2) is 0 Å². The van der Waals surface area contributed by atoms with Gasteiger partial charge >= 0.3 is 5.97 Å². The first-order chi connectivity index (χ1) is 7.03. The molecule has 0 aromatic carbocycles. The third kappa shape index (κ3) is 7.61. The van der Waals surface area contributed by atoms with E-state index in [0.717, 1.165) is 0 Å². The van der Waals surface area contributed by atoms with Crippen molar-refractivity contribution < 1.29 is 21.8 Å². The third-order valence-corrected chi connectivity index (χ3v) is 4.97. The predicted molar refractivity (Wildman–Crippen MR) is 64.0 cm³/mol. The van der Waals surface area contributed by atoms with E-state index in [4.69, 9.17) is 3.87 Å². The minimum Gasteiger partial charge on any atom is -0.461 e. The van der Waals surface area contributed by atoms with Crippen LogP contribution >= 0.6 is 0 Å². The van der Waals surface area contributed by atoms with Crippen LogP contribution in [0.5, 0.6) is 0 Å². The van der Waals surface area contributed by atoms with E-state index in [1.54, 1.807) is 19.6 Å². The van der Waals surface area contributed by atoms with E-state index in [9.17, 15) is 13.2 Å². The summed E-state index contributed by atoms with van der Waals surface area (Å²) >= 11 is 0. The highest BCUT2D eigenvalue weighted by Crippen LogP contribution is 2.08. The van der Waals surface area contributed by atoms with Crippen LogP contribution in [0.25, 0.3) is 0 Å². The Morgan fingerprint density at radius 2 is 1.81 bits per heavy atom. The van der Waals surface area contributed by atoms with Gasteiger partial charge in [-0.05, 0) is 26.6 Å². The second kappa shape index (κ2) is 5.60. The molecule has 0 heterocycles. The number of carbonyl (C=O) groups is 1. The highest BCUT2D eigenvalue weighted by molar-refractivity contribution is 7.87. The Morgan fingerprint density at radius 3 is 2.19 bits per heavy atom. The maximum atomic E-state index is 11.4.